The smallest absolute Gasteiger partial charge is 0.0502 e. The van der Waals surface area contributed by atoms with E-state index in [1.165, 1.54) is 0 Å². The van der Waals surface area contributed by atoms with Crippen LogP contribution in [0.1, 0.15) is 26.7 Å². The number of aliphatic hydroxyl groups excluding tert-OH is 1. The maximum Gasteiger partial charge on any atom is 0.0502 e. The van der Waals surface area contributed by atoms with Crippen molar-refractivity contribution in [2.75, 3.05) is 6.61 Å². The van der Waals surface area contributed by atoms with Crippen molar-refractivity contribution in [3.05, 3.63) is 17.9 Å². The Morgan fingerprint density at radius 1 is 1.70 bits per heavy atom. The van der Waals surface area contributed by atoms with Crippen molar-refractivity contribution in [2.24, 2.45) is 5.92 Å². The molecule has 0 heterocycles. The predicted octanol–water partition coefficient (Wildman–Crippen LogP) is 2.13. The van der Waals surface area contributed by atoms with Crippen molar-refractivity contribution >= 4 is 0 Å². The molecule has 1 heteroatoms. The maximum atomic E-state index is 8.87. The van der Waals surface area contributed by atoms with Gasteiger partial charge in [-0.05, 0) is 18.9 Å². The van der Waals surface area contributed by atoms with E-state index < -0.39 is 0 Å². The topological polar surface area (TPSA) is 20.2 Å². The monoisotopic (exact) mass is 140 g/mol. The van der Waals surface area contributed by atoms with Gasteiger partial charge < -0.3 is 5.11 Å². The number of hydrogen-bond acceptors (Lipinski definition) is 1. The van der Waals surface area contributed by atoms with Gasteiger partial charge in [0.15, 0.2) is 0 Å². The molecule has 58 valence electrons. The zero-order valence-electron chi connectivity index (χ0n) is 6.85. The molecule has 1 nitrogen and oxygen atoms in total. The van der Waals surface area contributed by atoms with E-state index in [1.54, 1.807) is 0 Å². The number of rotatable bonds is 4. The molecular formula is C9H16O. The van der Waals surface area contributed by atoms with Gasteiger partial charge in [-0.3, -0.25) is 0 Å². The van der Waals surface area contributed by atoms with Crippen LogP contribution in [0, 0.1) is 5.92 Å². The second-order valence-electron chi connectivity index (χ2n) is 2.53. The summed E-state index contributed by atoms with van der Waals surface area (Å²) in [7, 11) is 0. The fraction of sp³-hybridized carbons (Fsp3) is 0.667. The molecule has 0 aliphatic carbocycles. The Bertz CT molecular complexity index is 132. The summed E-state index contributed by atoms with van der Waals surface area (Å²) in [6.45, 7) is 7.83. The van der Waals surface area contributed by atoms with Crippen LogP contribution in [-0.2, 0) is 0 Å². The third-order valence-corrected chi connectivity index (χ3v) is 1.75. The Hall–Kier alpha value is -0.520. The molecule has 0 spiro atoms. The first-order valence-corrected chi connectivity index (χ1v) is 3.73. The van der Waals surface area contributed by atoms with E-state index in [0.717, 1.165) is 18.4 Å². The van der Waals surface area contributed by atoms with Crippen molar-refractivity contribution in [2.45, 2.75) is 26.7 Å². The van der Waals surface area contributed by atoms with E-state index in [1.807, 2.05) is 6.92 Å². The fourth-order valence-corrected chi connectivity index (χ4v) is 0.938. The maximum absolute atomic E-state index is 8.87. The van der Waals surface area contributed by atoms with Gasteiger partial charge in [0.25, 0.3) is 0 Å². The lowest BCUT2D eigenvalue weighted by Gasteiger charge is -2.10. The Morgan fingerprint density at radius 3 is 2.60 bits per heavy atom. The molecule has 1 atom stereocenters. The Morgan fingerprint density at radius 2 is 2.30 bits per heavy atom. The van der Waals surface area contributed by atoms with E-state index in [0.29, 0.717) is 0 Å². The van der Waals surface area contributed by atoms with Crippen LogP contribution in [0.2, 0.25) is 0 Å². The summed E-state index contributed by atoms with van der Waals surface area (Å²) in [5, 5.41) is 8.87. The number of hydrogen-bond donors (Lipinski definition) is 1. The van der Waals surface area contributed by atoms with Gasteiger partial charge in [-0.15, -0.1) is 5.73 Å². The molecule has 1 unspecified atom stereocenters. The van der Waals surface area contributed by atoms with Crippen molar-refractivity contribution in [1.29, 1.82) is 0 Å². The van der Waals surface area contributed by atoms with E-state index in [2.05, 4.69) is 19.2 Å². The van der Waals surface area contributed by atoms with Crippen LogP contribution >= 0.6 is 0 Å². The fourth-order valence-electron chi connectivity index (χ4n) is 0.938. The van der Waals surface area contributed by atoms with Crippen LogP contribution in [0.5, 0.6) is 0 Å². The minimum absolute atomic E-state index is 0.224. The van der Waals surface area contributed by atoms with E-state index >= 15 is 0 Å². The zero-order chi connectivity index (χ0) is 7.98. The average molecular weight is 140 g/mol. The minimum Gasteiger partial charge on any atom is -0.396 e. The van der Waals surface area contributed by atoms with Gasteiger partial charge in [0, 0.05) is 5.92 Å². The molecule has 0 saturated carbocycles. The molecule has 0 fully saturated rings. The van der Waals surface area contributed by atoms with Gasteiger partial charge in [0.1, 0.15) is 0 Å². The molecule has 1 N–H and O–H groups in total. The Kier molecular flexibility index (Phi) is 5.00. The molecule has 0 amide bonds. The minimum atomic E-state index is 0.224. The molecule has 0 saturated heterocycles. The first-order chi connectivity index (χ1) is 4.76. The van der Waals surface area contributed by atoms with Crippen LogP contribution < -0.4 is 0 Å². The predicted molar refractivity (Wildman–Crippen MR) is 43.8 cm³/mol. The zero-order valence-corrected chi connectivity index (χ0v) is 6.85. The summed E-state index contributed by atoms with van der Waals surface area (Å²) in [4.78, 5) is 0. The Labute approximate surface area is 63.1 Å². The molecule has 0 aromatic rings. The van der Waals surface area contributed by atoms with Gasteiger partial charge in [0.05, 0.1) is 6.61 Å². The van der Waals surface area contributed by atoms with Crippen molar-refractivity contribution in [3.63, 3.8) is 0 Å². The summed E-state index contributed by atoms with van der Waals surface area (Å²) < 4.78 is 0. The van der Waals surface area contributed by atoms with Gasteiger partial charge >= 0.3 is 0 Å². The first kappa shape index (κ1) is 9.48. The second kappa shape index (κ2) is 5.28. The molecule has 0 aliphatic heterocycles. The number of aliphatic hydroxyl groups is 1. The van der Waals surface area contributed by atoms with Gasteiger partial charge in [0.2, 0.25) is 0 Å². The average Bonchev–Trinajstić information content (AvgIpc) is 1.99. The van der Waals surface area contributed by atoms with Crippen LogP contribution in [0.4, 0.5) is 0 Å². The van der Waals surface area contributed by atoms with E-state index in [-0.39, 0.29) is 12.5 Å². The highest BCUT2D eigenvalue weighted by atomic mass is 16.3. The SMILES string of the molecule is C=C=C(C)C(CO)CCC. The third kappa shape index (κ3) is 2.86. The Balaban J connectivity index is 3.93. The molecule has 0 aromatic heterocycles. The van der Waals surface area contributed by atoms with Crippen molar-refractivity contribution < 1.29 is 5.11 Å². The summed E-state index contributed by atoms with van der Waals surface area (Å²) in [5.41, 5.74) is 3.88. The molecule has 0 aliphatic rings. The van der Waals surface area contributed by atoms with Crippen LogP contribution in [0.25, 0.3) is 0 Å². The third-order valence-electron chi connectivity index (χ3n) is 1.75. The standard InChI is InChI=1S/C9H16O/c1-4-6-9(7-10)8(3)5-2/h9-10H,2,4,6-7H2,1,3H3. The highest BCUT2D eigenvalue weighted by Crippen LogP contribution is 2.13. The van der Waals surface area contributed by atoms with E-state index in [4.69, 9.17) is 5.11 Å². The van der Waals surface area contributed by atoms with Crippen LogP contribution in [0.3, 0.4) is 0 Å². The van der Waals surface area contributed by atoms with Crippen molar-refractivity contribution in [1.82, 2.24) is 0 Å². The summed E-state index contributed by atoms with van der Waals surface area (Å²) in [5.74, 6) is 0.280. The summed E-state index contributed by atoms with van der Waals surface area (Å²) in [6, 6.07) is 0. The van der Waals surface area contributed by atoms with Gasteiger partial charge in [-0.2, -0.15) is 0 Å². The van der Waals surface area contributed by atoms with Crippen LogP contribution in [0.15, 0.2) is 17.9 Å². The summed E-state index contributed by atoms with van der Waals surface area (Å²) in [6.07, 6.45) is 2.13. The molecule has 0 radical (unpaired) electrons. The van der Waals surface area contributed by atoms with Crippen molar-refractivity contribution in [3.8, 4) is 0 Å². The lowest BCUT2D eigenvalue weighted by molar-refractivity contribution is 0.239. The first-order valence-electron chi connectivity index (χ1n) is 3.73. The molecular weight excluding hydrogens is 124 g/mol. The quantitative estimate of drug-likeness (QED) is 0.593. The molecule has 0 rings (SSSR count). The molecule has 0 bridgehead atoms. The lowest BCUT2D eigenvalue weighted by Crippen LogP contribution is -2.06. The normalized spacial score (nSPS) is 12.3. The second-order valence-corrected chi connectivity index (χ2v) is 2.53. The largest absolute Gasteiger partial charge is 0.396 e. The van der Waals surface area contributed by atoms with E-state index in [9.17, 15) is 0 Å². The van der Waals surface area contributed by atoms with Gasteiger partial charge in [-0.1, -0.05) is 19.9 Å². The molecule has 0 aromatic carbocycles. The van der Waals surface area contributed by atoms with Gasteiger partial charge in [-0.25, -0.2) is 0 Å². The highest BCUT2D eigenvalue weighted by Gasteiger charge is 2.06. The summed E-state index contributed by atoms with van der Waals surface area (Å²) >= 11 is 0. The lowest BCUT2D eigenvalue weighted by atomic mass is 9.97. The highest BCUT2D eigenvalue weighted by molar-refractivity contribution is 5.00. The molecule has 10 heavy (non-hydrogen) atoms. The van der Waals surface area contributed by atoms with Crippen LogP contribution in [-0.4, -0.2) is 11.7 Å².